The van der Waals surface area contributed by atoms with Gasteiger partial charge in [-0.2, -0.15) is 0 Å². The number of carboxylic acid groups (broad SMARTS) is 1. The highest BCUT2D eigenvalue weighted by atomic mass is 19.2. The number of benzene rings is 1. The molecule has 1 aromatic rings. The van der Waals surface area contributed by atoms with E-state index in [-0.39, 0.29) is 0 Å². The van der Waals surface area contributed by atoms with Gasteiger partial charge in [0.15, 0.2) is 23.3 Å². The van der Waals surface area contributed by atoms with Gasteiger partial charge in [-0.1, -0.05) is 6.58 Å². The van der Waals surface area contributed by atoms with Crippen LogP contribution in [-0.4, -0.2) is 5.97 Å². The Hall–Kier alpha value is -1.92. The fourth-order valence-corrected chi connectivity index (χ4v) is 0.972. The summed E-state index contributed by atoms with van der Waals surface area (Å²) in [5, 5.41) is 10.2. The first-order valence-corrected chi connectivity index (χ1v) is 3.71. The van der Waals surface area contributed by atoms with Crippen molar-refractivity contribution in [3.05, 3.63) is 41.2 Å². The van der Waals surface area contributed by atoms with E-state index in [4.69, 9.17) is 0 Å². The minimum absolute atomic E-state index is 1.33. The third kappa shape index (κ3) is 1.64. The number of carbonyl (C=O) groups excluding carboxylic acids is 1. The van der Waals surface area contributed by atoms with Crippen molar-refractivity contribution in [1.82, 2.24) is 0 Å². The standard InChI is InChI=1S/C9H3F5O2/c1-2(9(15)16)3-4(10)6(12)8(14)7(13)5(3)11/h1H2,(H,15,16)/p-1. The predicted octanol–water partition coefficient (Wildman–Crippen LogP) is 1.15. The Kier molecular flexibility index (Phi) is 2.97. The van der Waals surface area contributed by atoms with E-state index >= 15 is 0 Å². The number of hydrogen-bond acceptors (Lipinski definition) is 2. The van der Waals surface area contributed by atoms with Gasteiger partial charge in [0.05, 0.1) is 11.5 Å². The molecule has 0 aromatic heterocycles. The summed E-state index contributed by atoms with van der Waals surface area (Å²) in [6.45, 7) is 2.66. The molecule has 0 amide bonds. The van der Waals surface area contributed by atoms with E-state index in [9.17, 15) is 31.9 Å². The Labute approximate surface area is 85.6 Å². The monoisotopic (exact) mass is 237 g/mol. The van der Waals surface area contributed by atoms with Gasteiger partial charge in [-0.05, 0) is 0 Å². The molecular weight excluding hydrogens is 235 g/mol. The van der Waals surface area contributed by atoms with E-state index in [2.05, 4.69) is 6.58 Å². The van der Waals surface area contributed by atoms with Crippen LogP contribution in [0.5, 0.6) is 0 Å². The maximum atomic E-state index is 12.9. The predicted molar refractivity (Wildman–Crippen MR) is 40.3 cm³/mol. The van der Waals surface area contributed by atoms with Gasteiger partial charge >= 0.3 is 0 Å². The van der Waals surface area contributed by atoms with Gasteiger partial charge in [0.25, 0.3) is 0 Å². The molecule has 0 radical (unpaired) electrons. The zero-order valence-electron chi connectivity index (χ0n) is 7.41. The second kappa shape index (κ2) is 3.92. The molecule has 0 fully saturated rings. The highest BCUT2D eigenvalue weighted by Crippen LogP contribution is 2.27. The molecule has 0 aliphatic carbocycles. The molecule has 0 atom stereocenters. The summed E-state index contributed by atoms with van der Waals surface area (Å²) < 4.78 is 63.6. The van der Waals surface area contributed by atoms with E-state index in [1.165, 1.54) is 0 Å². The SMILES string of the molecule is C=C(C(=O)[O-])c1c(F)c(F)c(F)c(F)c1F. The first-order chi connectivity index (χ1) is 7.29. The molecule has 0 N–H and O–H groups in total. The molecule has 0 saturated carbocycles. The molecule has 7 heteroatoms. The molecule has 0 bridgehead atoms. The van der Waals surface area contributed by atoms with Crippen molar-refractivity contribution in [1.29, 1.82) is 0 Å². The van der Waals surface area contributed by atoms with Crippen LogP contribution < -0.4 is 5.11 Å². The van der Waals surface area contributed by atoms with Crippen LogP contribution in [0.2, 0.25) is 0 Å². The third-order valence-electron chi connectivity index (χ3n) is 1.76. The van der Waals surface area contributed by atoms with Crippen molar-refractivity contribution >= 4 is 11.5 Å². The fraction of sp³-hybridized carbons (Fsp3) is 0. The quantitative estimate of drug-likeness (QED) is 0.335. The minimum Gasteiger partial charge on any atom is -0.545 e. The maximum absolute atomic E-state index is 12.9. The smallest absolute Gasteiger partial charge is 0.200 e. The summed E-state index contributed by atoms with van der Waals surface area (Å²) in [6, 6.07) is 0. The molecule has 1 aromatic carbocycles. The van der Waals surface area contributed by atoms with Gasteiger partial charge in [0.2, 0.25) is 5.82 Å². The number of halogens is 5. The van der Waals surface area contributed by atoms with E-state index < -0.39 is 46.2 Å². The number of rotatable bonds is 2. The van der Waals surface area contributed by atoms with Gasteiger partial charge < -0.3 is 9.90 Å². The number of carboxylic acids is 1. The van der Waals surface area contributed by atoms with Crippen molar-refractivity contribution < 1.29 is 31.9 Å². The van der Waals surface area contributed by atoms with Crippen LogP contribution in [-0.2, 0) is 4.79 Å². The summed E-state index contributed by atoms with van der Waals surface area (Å²) in [6.07, 6.45) is 0. The van der Waals surface area contributed by atoms with Crippen LogP contribution >= 0.6 is 0 Å². The molecule has 0 aliphatic rings. The Morgan fingerprint density at radius 3 is 1.50 bits per heavy atom. The number of aliphatic carboxylic acids is 1. The lowest BCUT2D eigenvalue weighted by atomic mass is 10.1. The largest absolute Gasteiger partial charge is 0.545 e. The summed E-state index contributed by atoms with van der Waals surface area (Å²) in [4.78, 5) is 10.2. The Balaban J connectivity index is 3.64. The molecule has 0 spiro atoms. The van der Waals surface area contributed by atoms with Crippen LogP contribution in [0.4, 0.5) is 22.0 Å². The molecule has 86 valence electrons. The van der Waals surface area contributed by atoms with E-state index in [1.807, 2.05) is 0 Å². The van der Waals surface area contributed by atoms with Crippen LogP contribution in [0.1, 0.15) is 5.56 Å². The molecule has 0 unspecified atom stereocenters. The number of carbonyl (C=O) groups is 1. The van der Waals surface area contributed by atoms with E-state index in [0.29, 0.717) is 0 Å². The molecule has 16 heavy (non-hydrogen) atoms. The molecule has 2 nitrogen and oxygen atoms in total. The Bertz CT molecular complexity index is 466. The van der Waals surface area contributed by atoms with Crippen molar-refractivity contribution in [2.45, 2.75) is 0 Å². The summed E-state index contributed by atoms with van der Waals surface area (Å²) in [5.74, 6) is -13.5. The van der Waals surface area contributed by atoms with Crippen molar-refractivity contribution in [3.8, 4) is 0 Å². The topological polar surface area (TPSA) is 40.1 Å². The van der Waals surface area contributed by atoms with E-state index in [0.717, 1.165) is 0 Å². The molecule has 0 heterocycles. The lowest BCUT2D eigenvalue weighted by molar-refractivity contribution is -0.295. The van der Waals surface area contributed by atoms with Gasteiger partial charge in [0.1, 0.15) is 0 Å². The Morgan fingerprint density at radius 2 is 1.19 bits per heavy atom. The van der Waals surface area contributed by atoms with Crippen LogP contribution in [0.3, 0.4) is 0 Å². The second-order valence-electron chi connectivity index (χ2n) is 2.71. The zero-order valence-corrected chi connectivity index (χ0v) is 7.41. The number of hydrogen-bond donors (Lipinski definition) is 0. The molecule has 1 rings (SSSR count). The lowest BCUT2D eigenvalue weighted by Gasteiger charge is -2.10. The molecular formula is C9H2F5O2-. The van der Waals surface area contributed by atoms with Crippen molar-refractivity contribution in [3.63, 3.8) is 0 Å². The summed E-state index contributed by atoms with van der Waals surface area (Å²) in [7, 11) is 0. The van der Waals surface area contributed by atoms with Gasteiger partial charge in [0, 0.05) is 5.57 Å². The Morgan fingerprint density at radius 1 is 0.875 bits per heavy atom. The second-order valence-corrected chi connectivity index (χ2v) is 2.71. The first kappa shape index (κ1) is 12.2. The van der Waals surface area contributed by atoms with Gasteiger partial charge in [-0.15, -0.1) is 0 Å². The average molecular weight is 237 g/mol. The maximum Gasteiger partial charge on any atom is 0.200 e. The van der Waals surface area contributed by atoms with E-state index in [1.54, 1.807) is 0 Å². The van der Waals surface area contributed by atoms with Crippen LogP contribution in [0, 0.1) is 29.1 Å². The summed E-state index contributed by atoms with van der Waals surface area (Å²) >= 11 is 0. The minimum atomic E-state index is -2.37. The molecule has 0 aliphatic heterocycles. The lowest BCUT2D eigenvalue weighted by Crippen LogP contribution is -2.24. The highest BCUT2D eigenvalue weighted by molar-refractivity contribution is 6.13. The third-order valence-corrected chi connectivity index (χ3v) is 1.76. The van der Waals surface area contributed by atoms with Gasteiger partial charge in [-0.3, -0.25) is 0 Å². The highest BCUT2D eigenvalue weighted by Gasteiger charge is 2.27. The first-order valence-electron chi connectivity index (χ1n) is 3.71. The average Bonchev–Trinajstić information content (AvgIpc) is 2.23. The van der Waals surface area contributed by atoms with Crippen molar-refractivity contribution in [2.24, 2.45) is 0 Å². The van der Waals surface area contributed by atoms with Crippen LogP contribution in [0.15, 0.2) is 6.58 Å². The van der Waals surface area contributed by atoms with Crippen LogP contribution in [0.25, 0.3) is 5.57 Å². The van der Waals surface area contributed by atoms with Crippen molar-refractivity contribution in [2.75, 3.05) is 0 Å². The zero-order chi connectivity index (χ0) is 12.6. The summed E-state index contributed by atoms with van der Waals surface area (Å²) in [5.41, 5.74) is -2.93. The molecule has 0 saturated heterocycles. The normalized spacial score (nSPS) is 10.3. The van der Waals surface area contributed by atoms with Gasteiger partial charge in [-0.25, -0.2) is 22.0 Å². The fourth-order valence-electron chi connectivity index (χ4n) is 0.972.